The number of aryl methyl sites for hydroxylation is 2. The van der Waals surface area contributed by atoms with Gasteiger partial charge in [-0.2, -0.15) is 0 Å². The fourth-order valence-corrected chi connectivity index (χ4v) is 11.7. The first-order valence-electron chi connectivity index (χ1n) is 24.9. The molecule has 0 bridgehead atoms. The molecule has 344 valence electrons. The second kappa shape index (κ2) is 16.0. The molecule has 5 nitrogen and oxygen atoms in total. The fraction of sp³-hybridized carbons (Fsp3) is 0.0294. The molecular formula is C68H44N2O3. The first kappa shape index (κ1) is 41.2. The first-order chi connectivity index (χ1) is 36.0. The third kappa shape index (κ3) is 6.35. The molecule has 5 heteroatoms. The summed E-state index contributed by atoms with van der Waals surface area (Å²) in [4.78, 5) is 4.71. The number of fused-ring (bicyclic) bond motifs is 12. The number of ether oxygens (including phenoxy) is 1. The number of hydrogen-bond donors (Lipinski definition) is 0. The smallest absolute Gasteiger partial charge is 0.159 e. The lowest BCUT2D eigenvalue weighted by atomic mass is 9.87. The molecule has 0 saturated carbocycles. The van der Waals surface area contributed by atoms with E-state index in [2.05, 4.69) is 236 Å². The second-order valence-electron chi connectivity index (χ2n) is 19.3. The minimum Gasteiger partial charge on any atom is -0.456 e. The van der Waals surface area contributed by atoms with Gasteiger partial charge in [0.2, 0.25) is 0 Å². The Morgan fingerprint density at radius 3 is 1.63 bits per heavy atom. The maximum atomic E-state index is 7.17. The zero-order valence-corrected chi connectivity index (χ0v) is 40.1. The highest BCUT2D eigenvalue weighted by atomic mass is 16.5. The third-order valence-electron chi connectivity index (χ3n) is 14.9. The van der Waals surface area contributed by atoms with E-state index < -0.39 is 0 Å². The van der Waals surface area contributed by atoms with Crippen molar-refractivity contribution >= 4 is 110 Å². The average Bonchev–Trinajstić information content (AvgIpc) is 4.01. The Morgan fingerprint density at radius 2 is 0.890 bits per heavy atom. The molecule has 0 amide bonds. The van der Waals surface area contributed by atoms with Crippen molar-refractivity contribution in [3.63, 3.8) is 0 Å². The van der Waals surface area contributed by atoms with E-state index in [1.165, 1.54) is 16.3 Å². The lowest BCUT2D eigenvalue weighted by Crippen LogP contribution is -2.12. The lowest BCUT2D eigenvalue weighted by molar-refractivity contribution is 0.487. The molecule has 3 heterocycles. The number of furan rings is 2. The van der Waals surface area contributed by atoms with Crippen LogP contribution in [-0.2, 0) is 0 Å². The summed E-state index contributed by atoms with van der Waals surface area (Å²) in [6, 6.07) is 82.4. The van der Waals surface area contributed by atoms with Gasteiger partial charge in [-0.1, -0.05) is 157 Å². The van der Waals surface area contributed by atoms with Gasteiger partial charge in [-0.3, -0.25) is 0 Å². The van der Waals surface area contributed by atoms with Crippen LogP contribution in [0, 0.1) is 13.8 Å². The Hall–Kier alpha value is -9.58. The quantitative estimate of drug-likeness (QED) is 0.149. The Bertz CT molecular complexity index is 4570. The van der Waals surface area contributed by atoms with Gasteiger partial charge < -0.3 is 23.4 Å². The summed E-state index contributed by atoms with van der Waals surface area (Å²) in [6.45, 7) is 4.36. The predicted octanol–water partition coefficient (Wildman–Crippen LogP) is 19.9. The van der Waals surface area contributed by atoms with E-state index in [-0.39, 0.29) is 0 Å². The zero-order chi connectivity index (χ0) is 48.3. The molecule has 0 radical (unpaired) electrons. The molecule has 14 aromatic rings. The SMILES string of the molecule is Cc1ccc2c(N(c3ccccc3-c3ccccc3)c3cccc4c3oc3ccccc34)cc3c4cc(C)cc5c4c(cc3c2c1)-c1ccc(N(c2ccccc2)c2cccc3c2oc2ccccc23)cc1O5. The van der Waals surface area contributed by atoms with E-state index in [9.17, 15) is 0 Å². The van der Waals surface area contributed by atoms with Crippen LogP contribution >= 0.6 is 0 Å². The normalized spacial score (nSPS) is 12.1. The van der Waals surface area contributed by atoms with Gasteiger partial charge in [0.05, 0.1) is 28.4 Å². The summed E-state index contributed by atoms with van der Waals surface area (Å²) in [5, 5.41) is 11.2. The molecule has 2 aromatic heterocycles. The summed E-state index contributed by atoms with van der Waals surface area (Å²) in [6.07, 6.45) is 0. The maximum absolute atomic E-state index is 7.17. The summed E-state index contributed by atoms with van der Waals surface area (Å²) in [7, 11) is 0. The van der Waals surface area contributed by atoms with E-state index in [4.69, 9.17) is 13.6 Å². The summed E-state index contributed by atoms with van der Waals surface area (Å²) < 4.78 is 20.7. The van der Waals surface area contributed by atoms with Crippen LogP contribution in [0.15, 0.2) is 239 Å². The van der Waals surface area contributed by atoms with Crippen LogP contribution in [0.2, 0.25) is 0 Å². The van der Waals surface area contributed by atoms with Gasteiger partial charge in [-0.05, 0) is 125 Å². The van der Waals surface area contributed by atoms with Crippen molar-refractivity contribution in [2.24, 2.45) is 0 Å². The van der Waals surface area contributed by atoms with E-state index in [0.717, 1.165) is 139 Å². The Labute approximate surface area is 420 Å². The molecule has 0 fully saturated rings. The van der Waals surface area contributed by atoms with Crippen molar-refractivity contribution in [3.05, 3.63) is 242 Å². The number of nitrogens with zero attached hydrogens (tertiary/aromatic N) is 2. The molecule has 0 atom stereocenters. The van der Waals surface area contributed by atoms with Crippen molar-refractivity contribution in [1.29, 1.82) is 0 Å². The van der Waals surface area contributed by atoms with Crippen LogP contribution in [0.3, 0.4) is 0 Å². The van der Waals surface area contributed by atoms with Gasteiger partial charge in [0, 0.05) is 55.2 Å². The van der Waals surface area contributed by atoms with Crippen LogP contribution in [0.4, 0.5) is 34.1 Å². The molecule has 73 heavy (non-hydrogen) atoms. The highest BCUT2D eigenvalue weighted by molar-refractivity contribution is 6.26. The van der Waals surface area contributed by atoms with E-state index >= 15 is 0 Å². The Morgan fingerprint density at radius 1 is 0.301 bits per heavy atom. The Kier molecular flexibility index (Phi) is 9.02. The first-order valence-corrected chi connectivity index (χ1v) is 24.9. The highest BCUT2D eigenvalue weighted by Crippen LogP contribution is 2.55. The van der Waals surface area contributed by atoms with Gasteiger partial charge in [0.25, 0.3) is 0 Å². The molecule has 0 unspecified atom stereocenters. The van der Waals surface area contributed by atoms with Crippen molar-refractivity contribution in [1.82, 2.24) is 0 Å². The summed E-state index contributed by atoms with van der Waals surface area (Å²) in [5.41, 5.74) is 16.2. The van der Waals surface area contributed by atoms with Crippen LogP contribution in [-0.4, -0.2) is 0 Å². The highest BCUT2D eigenvalue weighted by Gasteiger charge is 2.29. The van der Waals surface area contributed by atoms with Crippen LogP contribution in [0.5, 0.6) is 11.5 Å². The second-order valence-corrected chi connectivity index (χ2v) is 19.3. The summed E-state index contributed by atoms with van der Waals surface area (Å²) in [5.74, 6) is 1.64. The van der Waals surface area contributed by atoms with E-state index in [0.29, 0.717) is 0 Å². The van der Waals surface area contributed by atoms with Crippen molar-refractivity contribution < 1.29 is 13.6 Å². The topological polar surface area (TPSA) is 42.0 Å². The fourth-order valence-electron chi connectivity index (χ4n) is 11.7. The van der Waals surface area contributed by atoms with E-state index in [1.807, 2.05) is 18.2 Å². The molecule has 1 aliphatic rings. The van der Waals surface area contributed by atoms with Crippen LogP contribution in [0.1, 0.15) is 11.1 Å². The molecule has 1 aliphatic heterocycles. The van der Waals surface area contributed by atoms with Crippen LogP contribution in [0.25, 0.3) is 98.4 Å². The number of benzene rings is 12. The summed E-state index contributed by atoms with van der Waals surface area (Å²) >= 11 is 0. The van der Waals surface area contributed by atoms with Gasteiger partial charge in [-0.25, -0.2) is 0 Å². The molecular weight excluding hydrogens is 893 g/mol. The van der Waals surface area contributed by atoms with Gasteiger partial charge in [0.1, 0.15) is 22.7 Å². The van der Waals surface area contributed by atoms with E-state index in [1.54, 1.807) is 0 Å². The largest absolute Gasteiger partial charge is 0.456 e. The van der Waals surface area contributed by atoms with Crippen molar-refractivity contribution in [3.8, 4) is 33.8 Å². The van der Waals surface area contributed by atoms with Gasteiger partial charge >= 0.3 is 0 Å². The monoisotopic (exact) mass is 936 g/mol. The minimum atomic E-state index is 0.800. The number of hydrogen-bond acceptors (Lipinski definition) is 5. The number of anilines is 6. The third-order valence-corrected chi connectivity index (χ3v) is 14.9. The molecule has 0 saturated heterocycles. The van der Waals surface area contributed by atoms with Gasteiger partial charge in [0.15, 0.2) is 11.2 Å². The van der Waals surface area contributed by atoms with Crippen molar-refractivity contribution in [2.45, 2.75) is 13.8 Å². The maximum Gasteiger partial charge on any atom is 0.159 e. The minimum absolute atomic E-state index is 0.800. The standard InChI is InChI=1S/C68H44N2O3/c1-41-31-33-47-53(35-41)54-39-57-50-34-32-45(69(44-19-7-4-8-20-44)59-27-15-24-51-48-22-10-13-29-62(48)72-67(51)59)38-64(50)71-65-37-42(2)36-56(66(57)65)55(54)40-61(47)70(58-26-12-9-21-46(58)43-17-5-3-6-18-43)60-28-16-25-52-49-23-11-14-30-63(49)73-68(52)60/h3-40H,1-2H3. The molecule has 0 N–H and O–H groups in total. The number of rotatable bonds is 7. The average molecular weight is 937 g/mol. The molecule has 0 spiro atoms. The van der Waals surface area contributed by atoms with Crippen LogP contribution < -0.4 is 14.5 Å². The van der Waals surface area contributed by atoms with Gasteiger partial charge in [-0.15, -0.1) is 0 Å². The van der Waals surface area contributed by atoms with Crippen molar-refractivity contribution in [2.75, 3.05) is 9.80 Å². The molecule has 12 aromatic carbocycles. The zero-order valence-electron chi connectivity index (χ0n) is 40.1. The lowest BCUT2D eigenvalue weighted by Gasteiger charge is -2.30. The molecule has 0 aliphatic carbocycles. The Balaban J connectivity index is 0.978. The molecule has 15 rings (SSSR count). The number of para-hydroxylation sites is 6. The predicted molar refractivity (Wildman–Crippen MR) is 303 cm³/mol.